The first-order valence-corrected chi connectivity index (χ1v) is 25.5. The van der Waals surface area contributed by atoms with Crippen molar-refractivity contribution in [3.8, 4) is 0 Å². The summed E-state index contributed by atoms with van der Waals surface area (Å²) in [5.74, 6) is -2.47. The minimum absolute atomic E-state index is 0.180. The van der Waals surface area contributed by atoms with Gasteiger partial charge in [-0.15, -0.1) is 0 Å². The van der Waals surface area contributed by atoms with Crippen LogP contribution in [0, 0.1) is 0 Å². The highest BCUT2D eigenvalue weighted by Gasteiger charge is 2.47. The lowest BCUT2D eigenvalue weighted by Crippen LogP contribution is -2.60. The van der Waals surface area contributed by atoms with Gasteiger partial charge in [-0.1, -0.05) is 204 Å². The molecule has 0 radical (unpaired) electrons. The average molecular weight is 893 g/mol. The second-order valence-corrected chi connectivity index (χ2v) is 17.6. The lowest BCUT2D eigenvalue weighted by atomic mass is 9.99. The van der Waals surface area contributed by atoms with Crippen molar-refractivity contribution in [2.24, 2.45) is 0 Å². The van der Waals surface area contributed by atoms with Crippen LogP contribution in [0.25, 0.3) is 0 Å². The third kappa shape index (κ3) is 33.6. The molecule has 0 aromatic rings. The number of unbranched alkanes of at least 4 members (excludes halogenated alkanes) is 26. The number of hydrogen-bond acceptors (Lipinski definition) is 10. The van der Waals surface area contributed by atoms with Crippen molar-refractivity contribution >= 4 is 17.9 Å². The van der Waals surface area contributed by atoms with Gasteiger partial charge in [0, 0.05) is 12.8 Å². The summed E-state index contributed by atoms with van der Waals surface area (Å²) >= 11 is 0. The van der Waals surface area contributed by atoms with Crippen LogP contribution in [0.5, 0.6) is 0 Å². The summed E-state index contributed by atoms with van der Waals surface area (Å²) in [5, 5.41) is 39.9. The van der Waals surface area contributed by atoms with Gasteiger partial charge in [-0.2, -0.15) is 0 Å². The Bertz CT molecular complexity index is 1190. The van der Waals surface area contributed by atoms with Crippen LogP contribution in [0.1, 0.15) is 226 Å². The highest BCUT2D eigenvalue weighted by Crippen LogP contribution is 2.23. The van der Waals surface area contributed by atoms with Crippen molar-refractivity contribution in [3.05, 3.63) is 36.5 Å². The predicted octanol–water partition coefficient (Wildman–Crippen LogP) is 11.9. The van der Waals surface area contributed by atoms with E-state index in [9.17, 15) is 34.8 Å². The van der Waals surface area contributed by atoms with Gasteiger partial charge in [0.1, 0.15) is 24.9 Å². The number of hydrogen-bond donors (Lipinski definition) is 4. The molecule has 366 valence electrons. The maximum Gasteiger partial charge on any atom is 0.335 e. The van der Waals surface area contributed by atoms with E-state index in [0.717, 1.165) is 57.8 Å². The van der Waals surface area contributed by atoms with Crippen LogP contribution in [-0.2, 0) is 33.3 Å². The van der Waals surface area contributed by atoms with Crippen LogP contribution in [0.15, 0.2) is 36.5 Å². The van der Waals surface area contributed by atoms with E-state index < -0.39 is 61.3 Å². The Labute approximate surface area is 382 Å². The van der Waals surface area contributed by atoms with Crippen LogP contribution in [-0.4, -0.2) is 88.4 Å². The summed E-state index contributed by atoms with van der Waals surface area (Å²) in [6.07, 6.45) is 40.7. The van der Waals surface area contributed by atoms with Crippen molar-refractivity contribution in [3.63, 3.8) is 0 Å². The zero-order valence-corrected chi connectivity index (χ0v) is 39.8. The lowest BCUT2D eigenvalue weighted by molar-refractivity contribution is -0.298. The number of aliphatic hydroxyl groups excluding tert-OH is 3. The van der Waals surface area contributed by atoms with E-state index in [1.165, 1.54) is 128 Å². The molecule has 1 saturated heterocycles. The fraction of sp³-hybridized carbons (Fsp3) is 0.827. The minimum Gasteiger partial charge on any atom is -0.479 e. The number of carbonyl (C=O) groups is 3. The Hall–Kier alpha value is -2.57. The molecule has 4 N–H and O–H groups in total. The topological polar surface area (TPSA) is 169 Å². The van der Waals surface area contributed by atoms with E-state index in [1.54, 1.807) is 0 Å². The first-order chi connectivity index (χ1) is 30.7. The lowest BCUT2D eigenvalue weighted by Gasteiger charge is -2.38. The molecule has 1 aliphatic rings. The Balaban J connectivity index is 2.26. The first-order valence-electron chi connectivity index (χ1n) is 25.5. The van der Waals surface area contributed by atoms with Gasteiger partial charge < -0.3 is 39.4 Å². The Morgan fingerprint density at radius 2 is 0.937 bits per heavy atom. The van der Waals surface area contributed by atoms with E-state index in [2.05, 4.69) is 50.3 Å². The molecule has 1 heterocycles. The monoisotopic (exact) mass is 893 g/mol. The van der Waals surface area contributed by atoms with Gasteiger partial charge in [-0.05, 0) is 44.9 Å². The molecule has 0 aromatic heterocycles. The highest BCUT2D eigenvalue weighted by atomic mass is 16.7. The minimum atomic E-state index is -1.86. The van der Waals surface area contributed by atoms with Gasteiger partial charge >= 0.3 is 17.9 Å². The maximum absolute atomic E-state index is 12.8. The molecular weight excluding hydrogens is 801 g/mol. The molecular formula is C52H92O11. The van der Waals surface area contributed by atoms with Gasteiger partial charge in [0.2, 0.25) is 0 Å². The summed E-state index contributed by atoms with van der Waals surface area (Å²) < 4.78 is 21.8. The van der Waals surface area contributed by atoms with Crippen LogP contribution in [0.3, 0.4) is 0 Å². The molecule has 0 amide bonds. The van der Waals surface area contributed by atoms with E-state index >= 15 is 0 Å². The summed E-state index contributed by atoms with van der Waals surface area (Å²) in [6, 6.07) is 0. The van der Waals surface area contributed by atoms with Crippen molar-refractivity contribution in [2.45, 2.75) is 263 Å². The summed E-state index contributed by atoms with van der Waals surface area (Å²) in [6.45, 7) is 3.70. The fourth-order valence-electron chi connectivity index (χ4n) is 7.78. The van der Waals surface area contributed by atoms with E-state index in [4.69, 9.17) is 18.9 Å². The van der Waals surface area contributed by atoms with Crippen molar-refractivity contribution in [2.75, 3.05) is 13.2 Å². The number of carboxylic acids is 1. The number of aliphatic carboxylic acids is 1. The molecule has 0 saturated carbocycles. The van der Waals surface area contributed by atoms with Gasteiger partial charge in [0.15, 0.2) is 18.5 Å². The number of allylic oxidation sites excluding steroid dienone is 6. The molecule has 63 heavy (non-hydrogen) atoms. The van der Waals surface area contributed by atoms with Crippen molar-refractivity contribution < 1.29 is 53.8 Å². The number of carboxylic acid groups (broad SMARTS) is 1. The molecule has 0 aromatic carbocycles. The van der Waals surface area contributed by atoms with Crippen LogP contribution < -0.4 is 0 Å². The second kappa shape index (κ2) is 42.1. The number of ether oxygens (including phenoxy) is 4. The number of aliphatic hydroxyl groups is 3. The van der Waals surface area contributed by atoms with Gasteiger partial charge in [0.05, 0.1) is 6.61 Å². The van der Waals surface area contributed by atoms with Crippen molar-refractivity contribution in [1.82, 2.24) is 0 Å². The third-order valence-corrected chi connectivity index (χ3v) is 11.8. The predicted molar refractivity (Wildman–Crippen MR) is 252 cm³/mol. The molecule has 0 bridgehead atoms. The van der Waals surface area contributed by atoms with Crippen LogP contribution >= 0.6 is 0 Å². The second-order valence-electron chi connectivity index (χ2n) is 17.6. The first kappa shape index (κ1) is 58.4. The Morgan fingerprint density at radius 1 is 0.508 bits per heavy atom. The molecule has 0 aliphatic carbocycles. The zero-order valence-electron chi connectivity index (χ0n) is 39.8. The van der Waals surface area contributed by atoms with Gasteiger partial charge in [0.25, 0.3) is 0 Å². The smallest absolute Gasteiger partial charge is 0.335 e. The molecule has 0 spiro atoms. The summed E-state index contributed by atoms with van der Waals surface area (Å²) in [5.41, 5.74) is 0. The Morgan fingerprint density at radius 3 is 1.41 bits per heavy atom. The van der Waals surface area contributed by atoms with E-state index in [1.807, 2.05) is 0 Å². The largest absolute Gasteiger partial charge is 0.479 e. The van der Waals surface area contributed by atoms with Crippen LogP contribution in [0.4, 0.5) is 0 Å². The summed E-state index contributed by atoms with van der Waals surface area (Å²) in [4.78, 5) is 36.9. The number of esters is 2. The molecule has 1 rings (SSSR count). The molecule has 11 nitrogen and oxygen atoms in total. The van der Waals surface area contributed by atoms with Crippen LogP contribution in [0.2, 0.25) is 0 Å². The standard InChI is InChI=1S/C52H92O11/c1-3-5-7-9-11-13-15-17-18-19-20-21-22-23-24-25-26-27-29-31-33-35-37-39-41-46(54)62-44(43-61-52-49(57)47(55)48(56)50(63-52)51(58)59)42-60-45(53)40-38-36-34-32-30-28-16-14-12-10-8-6-4-2/h6,8,12,14,28,30,44,47-50,52,55-57H,3-5,7,9-11,13,15-27,29,31-43H2,1-2H3,(H,58,59)/b8-6-,14-12-,30-28-. The number of carbonyl (C=O) groups excluding carboxylic acids is 2. The average Bonchev–Trinajstić information content (AvgIpc) is 3.27. The van der Waals surface area contributed by atoms with E-state index in [0.29, 0.717) is 12.8 Å². The molecule has 1 fully saturated rings. The van der Waals surface area contributed by atoms with Gasteiger partial charge in [-0.25, -0.2) is 4.79 Å². The zero-order chi connectivity index (χ0) is 46.0. The molecule has 1 aliphatic heterocycles. The molecule has 11 heteroatoms. The molecule has 6 atom stereocenters. The normalized spacial score (nSPS) is 19.7. The van der Waals surface area contributed by atoms with E-state index in [-0.39, 0.29) is 19.4 Å². The van der Waals surface area contributed by atoms with Crippen molar-refractivity contribution in [1.29, 1.82) is 0 Å². The Kier molecular flexibility index (Phi) is 39.0. The highest BCUT2D eigenvalue weighted by molar-refractivity contribution is 5.73. The molecule has 6 unspecified atom stereocenters. The maximum atomic E-state index is 12.8. The fourth-order valence-corrected chi connectivity index (χ4v) is 7.78. The summed E-state index contributed by atoms with van der Waals surface area (Å²) in [7, 11) is 0. The number of rotatable bonds is 43. The third-order valence-electron chi connectivity index (χ3n) is 11.8. The quantitative estimate of drug-likeness (QED) is 0.0261. The SMILES string of the molecule is CC/C=C\C/C=C\C/C=C\CCCCCC(=O)OCC(COC1OC(C(=O)O)C(O)C(O)C1O)OC(=O)CCCCCCCCCCCCCCCCCCCCCCCCCC. The van der Waals surface area contributed by atoms with Gasteiger partial charge in [-0.3, -0.25) is 9.59 Å².